The van der Waals surface area contributed by atoms with Crippen molar-refractivity contribution >= 4 is 27.7 Å². The lowest BCUT2D eigenvalue weighted by Crippen LogP contribution is -2.64. The fourth-order valence-electron chi connectivity index (χ4n) is 7.25. The SMILES string of the molecule is CN(Cc1cccnc1)C(=O)N[C@H](C(=O)N[C@@H](Cc1ccccc1)[C@H](O)CN1CC2CCCCC2C[C@H]1C(=O)NC(C)(C)C)C(C)(C)S(C)(=O)=O. The first-order valence-corrected chi connectivity index (χ1v) is 19.9. The van der Waals surface area contributed by atoms with Crippen LogP contribution in [-0.2, 0) is 32.4 Å². The first-order valence-electron chi connectivity index (χ1n) is 18.0. The number of likely N-dealkylation sites (tertiary alicyclic amines) is 1. The first kappa shape index (κ1) is 40.2. The van der Waals surface area contributed by atoms with E-state index in [0.29, 0.717) is 24.8 Å². The maximum atomic E-state index is 14.3. The van der Waals surface area contributed by atoms with Crippen molar-refractivity contribution in [2.45, 2.75) is 114 Å². The Morgan fingerprint density at radius 3 is 2.24 bits per heavy atom. The molecule has 4 rings (SSSR count). The topological polar surface area (TPSA) is 161 Å². The summed E-state index contributed by atoms with van der Waals surface area (Å²) in [5.74, 6) is 0.0594. The Kier molecular flexibility index (Phi) is 13.3. The molecule has 0 bridgehead atoms. The summed E-state index contributed by atoms with van der Waals surface area (Å²) in [6, 6.07) is 9.54. The first-order chi connectivity index (χ1) is 23.9. The van der Waals surface area contributed by atoms with Gasteiger partial charge in [-0.3, -0.25) is 19.5 Å². The number of carbonyl (C=O) groups excluding carboxylic acids is 3. The van der Waals surface area contributed by atoms with E-state index in [0.717, 1.165) is 43.1 Å². The maximum absolute atomic E-state index is 14.3. The monoisotopic (exact) mass is 726 g/mol. The van der Waals surface area contributed by atoms with Crippen LogP contribution in [0.2, 0.25) is 0 Å². The second kappa shape index (κ2) is 16.9. The van der Waals surface area contributed by atoms with E-state index in [1.807, 2.05) is 57.2 Å². The van der Waals surface area contributed by atoms with Gasteiger partial charge in [0.1, 0.15) is 6.04 Å². The van der Waals surface area contributed by atoms with Crippen molar-refractivity contribution in [2.75, 3.05) is 26.4 Å². The van der Waals surface area contributed by atoms with E-state index in [1.54, 1.807) is 25.5 Å². The number of urea groups is 1. The van der Waals surface area contributed by atoms with Crippen molar-refractivity contribution in [3.63, 3.8) is 0 Å². The zero-order valence-corrected chi connectivity index (χ0v) is 32.1. The van der Waals surface area contributed by atoms with Crippen LogP contribution in [0.4, 0.5) is 4.79 Å². The fraction of sp³-hybridized carbons (Fsp3) is 0.632. The summed E-state index contributed by atoms with van der Waals surface area (Å²) in [5, 5.41) is 20.7. The molecule has 0 radical (unpaired) electrons. The maximum Gasteiger partial charge on any atom is 0.318 e. The predicted octanol–water partition coefficient (Wildman–Crippen LogP) is 3.30. The molecule has 1 aromatic heterocycles. The zero-order chi connectivity index (χ0) is 37.6. The van der Waals surface area contributed by atoms with Gasteiger partial charge in [0.05, 0.1) is 22.9 Å². The molecule has 2 aliphatic rings. The number of hydrogen-bond donors (Lipinski definition) is 4. The second-order valence-electron chi connectivity index (χ2n) is 16.1. The number of amides is 4. The predicted molar refractivity (Wildman–Crippen MR) is 198 cm³/mol. The number of nitrogens with zero attached hydrogens (tertiary/aromatic N) is 3. The molecule has 2 aromatic rings. The number of rotatable bonds is 13. The lowest BCUT2D eigenvalue weighted by atomic mass is 9.72. The normalized spacial score (nSPS) is 21.8. The summed E-state index contributed by atoms with van der Waals surface area (Å²) in [7, 11) is -2.33. The summed E-state index contributed by atoms with van der Waals surface area (Å²) in [6.45, 7) is 9.64. The summed E-state index contributed by atoms with van der Waals surface area (Å²) in [6.07, 6.45) is 8.58. The molecule has 1 aromatic carbocycles. The summed E-state index contributed by atoms with van der Waals surface area (Å²) < 4.78 is 24.5. The Balaban J connectivity index is 1.60. The van der Waals surface area contributed by atoms with Gasteiger partial charge in [0.15, 0.2) is 9.84 Å². The lowest BCUT2D eigenvalue weighted by molar-refractivity contribution is -0.133. The standard InChI is InChI=1S/C38H58N6O6S/c1-37(2,3)42-34(46)31-21-28-17-11-12-18-29(28)24-44(31)25-32(45)30(20-26-14-9-8-10-15-26)40-35(47)33(38(4,5)51(7,49)50)41-36(48)43(6)23-27-16-13-19-39-22-27/h8-10,13-16,19,22,28-33,45H,11-12,17-18,20-21,23-25H2,1-7H3,(H,40,47)(H,41,48)(H,42,46)/t28?,29?,30-,31-,32+,33+/m0/s1. The van der Waals surface area contributed by atoms with Gasteiger partial charge in [0.2, 0.25) is 11.8 Å². The van der Waals surface area contributed by atoms with E-state index >= 15 is 0 Å². The van der Waals surface area contributed by atoms with Gasteiger partial charge in [-0.15, -0.1) is 0 Å². The average molecular weight is 727 g/mol. The van der Waals surface area contributed by atoms with Crippen LogP contribution >= 0.6 is 0 Å². The van der Waals surface area contributed by atoms with Crippen molar-refractivity contribution < 1.29 is 27.9 Å². The van der Waals surface area contributed by atoms with E-state index in [-0.39, 0.29) is 25.4 Å². The van der Waals surface area contributed by atoms with Crippen LogP contribution in [0.15, 0.2) is 54.9 Å². The molecule has 2 unspecified atom stereocenters. The summed E-state index contributed by atoms with van der Waals surface area (Å²) >= 11 is 0. The van der Waals surface area contributed by atoms with Crippen LogP contribution in [0.25, 0.3) is 0 Å². The quantitative estimate of drug-likeness (QED) is 0.245. The minimum absolute atomic E-state index is 0.0737. The number of aliphatic hydroxyl groups excluding tert-OH is 1. The minimum Gasteiger partial charge on any atom is -0.390 e. The molecule has 2 fully saturated rings. The van der Waals surface area contributed by atoms with Gasteiger partial charge in [-0.2, -0.15) is 0 Å². The van der Waals surface area contributed by atoms with E-state index in [9.17, 15) is 27.9 Å². The third kappa shape index (κ3) is 11.0. The van der Waals surface area contributed by atoms with Crippen molar-refractivity contribution in [3.05, 3.63) is 66.0 Å². The van der Waals surface area contributed by atoms with Crippen LogP contribution in [0.5, 0.6) is 0 Å². The van der Waals surface area contributed by atoms with Gasteiger partial charge in [0, 0.05) is 50.9 Å². The highest BCUT2D eigenvalue weighted by Crippen LogP contribution is 2.39. The van der Waals surface area contributed by atoms with Gasteiger partial charge in [-0.1, -0.05) is 55.7 Å². The molecule has 1 saturated heterocycles. The van der Waals surface area contributed by atoms with Crippen LogP contribution in [-0.4, -0.2) is 107 Å². The molecular weight excluding hydrogens is 669 g/mol. The van der Waals surface area contributed by atoms with Crippen LogP contribution in [0.3, 0.4) is 0 Å². The molecular formula is C38H58N6O6S. The van der Waals surface area contributed by atoms with E-state index in [2.05, 4.69) is 25.8 Å². The van der Waals surface area contributed by atoms with Gasteiger partial charge in [0.25, 0.3) is 0 Å². The van der Waals surface area contributed by atoms with E-state index in [4.69, 9.17) is 0 Å². The molecule has 0 spiro atoms. The number of fused-ring (bicyclic) bond motifs is 1. The number of aromatic nitrogens is 1. The highest BCUT2D eigenvalue weighted by atomic mass is 32.2. The molecule has 12 nitrogen and oxygen atoms in total. The molecule has 51 heavy (non-hydrogen) atoms. The number of hydrogen-bond acceptors (Lipinski definition) is 8. The molecule has 4 N–H and O–H groups in total. The molecule has 1 aliphatic heterocycles. The number of nitrogens with one attached hydrogen (secondary N) is 3. The van der Waals surface area contributed by atoms with Gasteiger partial charge in [-0.05, 0) is 82.9 Å². The molecule has 1 saturated carbocycles. The Labute approximate surface area is 304 Å². The summed E-state index contributed by atoms with van der Waals surface area (Å²) in [5.41, 5.74) is 1.19. The van der Waals surface area contributed by atoms with E-state index in [1.165, 1.54) is 18.7 Å². The molecule has 282 valence electrons. The van der Waals surface area contributed by atoms with Crippen LogP contribution in [0, 0.1) is 11.8 Å². The zero-order valence-electron chi connectivity index (χ0n) is 31.3. The molecule has 1 aliphatic carbocycles. The number of β-amino-alcohol motifs (C(OH)–C–C–N with tert-alkyl or cyclic N) is 1. The largest absolute Gasteiger partial charge is 0.390 e. The third-order valence-corrected chi connectivity index (χ3v) is 12.6. The van der Waals surface area contributed by atoms with Gasteiger partial charge >= 0.3 is 6.03 Å². The average Bonchev–Trinajstić information content (AvgIpc) is 3.05. The summed E-state index contributed by atoms with van der Waals surface area (Å²) in [4.78, 5) is 48.9. The third-order valence-electron chi connectivity index (χ3n) is 10.5. The molecule has 6 atom stereocenters. The Hall–Kier alpha value is -3.55. The van der Waals surface area contributed by atoms with Crippen molar-refractivity contribution in [1.29, 1.82) is 0 Å². The Bertz CT molecular complexity index is 1580. The van der Waals surface area contributed by atoms with Crippen molar-refractivity contribution in [3.8, 4) is 0 Å². The number of aliphatic hydroxyl groups is 1. The number of carbonyl (C=O) groups is 3. The van der Waals surface area contributed by atoms with Gasteiger partial charge < -0.3 is 26.0 Å². The lowest BCUT2D eigenvalue weighted by Gasteiger charge is -2.47. The van der Waals surface area contributed by atoms with Crippen LogP contribution < -0.4 is 16.0 Å². The fourth-order valence-corrected chi connectivity index (χ4v) is 7.85. The number of piperidine rings is 1. The smallest absolute Gasteiger partial charge is 0.318 e. The second-order valence-corrected chi connectivity index (χ2v) is 18.7. The minimum atomic E-state index is -3.88. The van der Waals surface area contributed by atoms with Crippen LogP contribution in [0.1, 0.15) is 77.8 Å². The highest BCUT2D eigenvalue weighted by Gasteiger charge is 2.46. The van der Waals surface area contributed by atoms with E-state index < -0.39 is 56.3 Å². The van der Waals surface area contributed by atoms with Gasteiger partial charge in [-0.25, -0.2) is 13.2 Å². The molecule has 2 heterocycles. The number of pyridine rings is 1. The number of benzene rings is 1. The van der Waals surface area contributed by atoms with Crippen molar-refractivity contribution in [2.24, 2.45) is 11.8 Å². The Morgan fingerprint density at radius 2 is 1.63 bits per heavy atom. The Morgan fingerprint density at radius 1 is 0.980 bits per heavy atom. The van der Waals surface area contributed by atoms with Crippen molar-refractivity contribution in [1.82, 2.24) is 30.7 Å². The number of sulfone groups is 1. The highest BCUT2D eigenvalue weighted by molar-refractivity contribution is 7.92. The molecule has 4 amide bonds. The molecule has 13 heteroatoms.